The van der Waals surface area contributed by atoms with Crippen molar-refractivity contribution < 1.29 is 14.2 Å². The number of rotatable bonds is 6. The molecule has 0 radical (unpaired) electrons. The molecule has 2 aliphatic rings. The second-order valence-electron chi connectivity index (χ2n) is 9.03. The molecule has 0 unspecified atom stereocenters. The van der Waals surface area contributed by atoms with Gasteiger partial charge in [0.25, 0.3) is 5.91 Å². The molecule has 0 atom stereocenters. The van der Waals surface area contributed by atoms with E-state index in [0.29, 0.717) is 36.7 Å². The molecule has 11 nitrogen and oxygen atoms in total. The molecule has 1 saturated heterocycles. The summed E-state index contributed by atoms with van der Waals surface area (Å²) in [5, 5.41) is 17.7. The van der Waals surface area contributed by atoms with Crippen molar-refractivity contribution in [3.05, 3.63) is 41.1 Å². The summed E-state index contributed by atoms with van der Waals surface area (Å²) in [7, 11) is 0. The van der Waals surface area contributed by atoms with Gasteiger partial charge in [-0.05, 0) is 35.0 Å². The molecule has 3 aromatic rings. The Bertz CT molecular complexity index is 1150. The number of urea groups is 1. The Balaban J connectivity index is 1.25. The summed E-state index contributed by atoms with van der Waals surface area (Å²) in [5.74, 6) is -0.0510. The van der Waals surface area contributed by atoms with Crippen LogP contribution in [0.2, 0.25) is 0 Å². The van der Waals surface area contributed by atoms with Crippen LogP contribution in [-0.2, 0) is 13.1 Å². The van der Waals surface area contributed by atoms with E-state index in [1.54, 1.807) is 21.8 Å². The third kappa shape index (κ3) is 4.07. The zero-order valence-corrected chi connectivity index (χ0v) is 17.5. The quantitative estimate of drug-likeness (QED) is 0.613. The van der Waals surface area contributed by atoms with Crippen molar-refractivity contribution in [2.24, 2.45) is 5.41 Å². The van der Waals surface area contributed by atoms with E-state index in [4.69, 9.17) is 4.63 Å². The zero-order valence-electron chi connectivity index (χ0n) is 17.5. The van der Waals surface area contributed by atoms with Crippen LogP contribution in [0, 0.1) is 5.41 Å². The highest BCUT2D eigenvalue weighted by Gasteiger charge is 2.33. The Morgan fingerprint density at radius 3 is 3.00 bits per heavy atom. The van der Waals surface area contributed by atoms with Crippen molar-refractivity contribution in [2.45, 2.75) is 45.7 Å². The van der Waals surface area contributed by atoms with E-state index in [0.717, 1.165) is 18.4 Å². The van der Waals surface area contributed by atoms with E-state index in [1.165, 1.54) is 0 Å². The monoisotopic (exact) mass is 424 g/mol. The fourth-order valence-corrected chi connectivity index (χ4v) is 3.79. The number of hydrogen-bond acceptors (Lipinski definition) is 7. The SMILES string of the molecule is CC1(C)CNC(=O)N(Cc2cnn3cc(CNC(=O)c4nonc4C4CC4)nc3c2)C1. The van der Waals surface area contributed by atoms with E-state index in [1.807, 2.05) is 6.07 Å². The standard InChI is InChI=1S/C20H24N8O3/c1-20(2)10-22-19(30)27(11-20)8-12-5-15-24-14(9-28(15)23-6-12)7-21-18(29)17-16(13-3-4-13)25-31-26-17/h5-6,9,13H,3-4,7-8,10-11H2,1-2H3,(H,21,29)(H,22,30). The minimum Gasteiger partial charge on any atom is -0.345 e. The molecular weight excluding hydrogens is 400 g/mol. The van der Waals surface area contributed by atoms with Crippen LogP contribution in [0.1, 0.15) is 60.0 Å². The molecule has 4 heterocycles. The number of fused-ring (bicyclic) bond motifs is 1. The van der Waals surface area contributed by atoms with Crippen LogP contribution in [0.25, 0.3) is 5.65 Å². The smallest absolute Gasteiger partial charge is 0.317 e. The normalized spacial score (nSPS) is 18.3. The molecule has 5 rings (SSSR count). The minimum atomic E-state index is -0.326. The summed E-state index contributed by atoms with van der Waals surface area (Å²) in [6.45, 7) is 6.28. The summed E-state index contributed by atoms with van der Waals surface area (Å²) in [6, 6.07) is 1.83. The summed E-state index contributed by atoms with van der Waals surface area (Å²) in [6.07, 6.45) is 5.50. The van der Waals surface area contributed by atoms with Crippen LogP contribution in [0.4, 0.5) is 4.79 Å². The first-order valence-electron chi connectivity index (χ1n) is 10.3. The lowest BCUT2D eigenvalue weighted by Gasteiger charge is -2.38. The predicted molar refractivity (Wildman–Crippen MR) is 108 cm³/mol. The van der Waals surface area contributed by atoms with Gasteiger partial charge in [0.2, 0.25) is 0 Å². The maximum absolute atomic E-state index is 12.4. The lowest BCUT2D eigenvalue weighted by atomic mass is 9.91. The van der Waals surface area contributed by atoms with Gasteiger partial charge in [0, 0.05) is 25.6 Å². The van der Waals surface area contributed by atoms with Gasteiger partial charge < -0.3 is 15.5 Å². The molecule has 0 bridgehead atoms. The van der Waals surface area contributed by atoms with Gasteiger partial charge in [0.1, 0.15) is 5.69 Å². The second kappa shape index (κ2) is 7.33. The zero-order chi connectivity index (χ0) is 21.6. The van der Waals surface area contributed by atoms with E-state index in [-0.39, 0.29) is 35.5 Å². The molecule has 3 amide bonds. The highest BCUT2D eigenvalue weighted by molar-refractivity contribution is 5.93. The van der Waals surface area contributed by atoms with Crippen molar-refractivity contribution in [2.75, 3.05) is 13.1 Å². The topological polar surface area (TPSA) is 131 Å². The van der Waals surface area contributed by atoms with Crippen LogP contribution >= 0.6 is 0 Å². The molecule has 3 aromatic heterocycles. The highest BCUT2D eigenvalue weighted by Crippen LogP contribution is 2.40. The number of carbonyl (C=O) groups excluding carboxylic acids is 2. The molecule has 2 N–H and O–H groups in total. The predicted octanol–water partition coefficient (Wildman–Crippen LogP) is 1.47. The summed E-state index contributed by atoms with van der Waals surface area (Å²) >= 11 is 0. The first-order valence-corrected chi connectivity index (χ1v) is 10.3. The van der Waals surface area contributed by atoms with Crippen LogP contribution < -0.4 is 10.6 Å². The molecule has 1 aliphatic carbocycles. The number of nitrogens with zero attached hydrogens (tertiary/aromatic N) is 6. The lowest BCUT2D eigenvalue weighted by Crippen LogP contribution is -2.54. The number of aromatic nitrogens is 5. The fraction of sp³-hybridized carbons (Fsp3) is 0.500. The Labute approximate surface area is 178 Å². The molecule has 0 spiro atoms. The van der Waals surface area contributed by atoms with Crippen LogP contribution in [0.3, 0.4) is 0 Å². The number of amides is 3. The fourth-order valence-electron chi connectivity index (χ4n) is 3.79. The molecule has 2 fully saturated rings. The van der Waals surface area contributed by atoms with Gasteiger partial charge in [-0.1, -0.05) is 19.0 Å². The lowest BCUT2D eigenvalue weighted by molar-refractivity contribution is 0.0940. The average Bonchev–Trinajstić information content (AvgIpc) is 3.31. The van der Waals surface area contributed by atoms with Gasteiger partial charge in [0.15, 0.2) is 11.3 Å². The molecule has 0 aromatic carbocycles. The van der Waals surface area contributed by atoms with Gasteiger partial charge in [0.05, 0.1) is 24.6 Å². The van der Waals surface area contributed by atoms with Crippen molar-refractivity contribution in [1.29, 1.82) is 0 Å². The van der Waals surface area contributed by atoms with Crippen LogP contribution in [-0.4, -0.2) is 54.8 Å². The summed E-state index contributed by atoms with van der Waals surface area (Å²) in [5.41, 5.74) is 3.10. The third-order valence-corrected chi connectivity index (χ3v) is 5.55. The Hall–Kier alpha value is -3.50. The summed E-state index contributed by atoms with van der Waals surface area (Å²) in [4.78, 5) is 31.0. The molecule has 31 heavy (non-hydrogen) atoms. The Kier molecular flexibility index (Phi) is 4.60. The van der Waals surface area contributed by atoms with Gasteiger partial charge >= 0.3 is 6.03 Å². The first kappa shape index (κ1) is 19.5. The Morgan fingerprint density at radius 1 is 1.35 bits per heavy atom. The molecule has 1 saturated carbocycles. The maximum atomic E-state index is 12.4. The molecule has 1 aliphatic heterocycles. The number of nitrogens with one attached hydrogen (secondary N) is 2. The maximum Gasteiger partial charge on any atom is 0.317 e. The molecule has 11 heteroatoms. The van der Waals surface area contributed by atoms with Crippen molar-refractivity contribution in [1.82, 2.24) is 40.4 Å². The van der Waals surface area contributed by atoms with Crippen molar-refractivity contribution >= 4 is 17.6 Å². The van der Waals surface area contributed by atoms with Crippen LogP contribution in [0.5, 0.6) is 0 Å². The van der Waals surface area contributed by atoms with Gasteiger partial charge in [-0.25, -0.2) is 18.9 Å². The number of imidazole rings is 1. The van der Waals surface area contributed by atoms with E-state index < -0.39 is 0 Å². The van der Waals surface area contributed by atoms with Gasteiger partial charge in [-0.3, -0.25) is 4.79 Å². The molecule has 162 valence electrons. The van der Waals surface area contributed by atoms with E-state index >= 15 is 0 Å². The summed E-state index contributed by atoms with van der Waals surface area (Å²) < 4.78 is 6.39. The van der Waals surface area contributed by atoms with Crippen molar-refractivity contribution in [3.8, 4) is 0 Å². The minimum absolute atomic E-state index is 0.0167. The average molecular weight is 424 g/mol. The second-order valence-corrected chi connectivity index (χ2v) is 9.03. The van der Waals surface area contributed by atoms with Crippen LogP contribution in [0.15, 0.2) is 23.1 Å². The Morgan fingerprint density at radius 2 is 2.19 bits per heavy atom. The van der Waals surface area contributed by atoms with E-state index in [9.17, 15) is 9.59 Å². The first-order chi connectivity index (χ1) is 14.9. The van der Waals surface area contributed by atoms with E-state index in [2.05, 4.69) is 44.9 Å². The highest BCUT2D eigenvalue weighted by atomic mass is 16.6. The van der Waals surface area contributed by atoms with Gasteiger partial charge in [-0.2, -0.15) is 5.10 Å². The largest absolute Gasteiger partial charge is 0.345 e. The number of carbonyl (C=O) groups is 2. The number of hydrogen-bond donors (Lipinski definition) is 2. The molecular formula is C20H24N8O3. The third-order valence-electron chi connectivity index (χ3n) is 5.55. The van der Waals surface area contributed by atoms with Gasteiger partial charge in [-0.15, -0.1) is 0 Å². The van der Waals surface area contributed by atoms with Crippen molar-refractivity contribution in [3.63, 3.8) is 0 Å².